The minimum Gasteiger partial charge on any atom is -0.365 e. The number of nitrogens with one attached hydrogen (secondary N) is 1. The molecular weight excluding hydrogens is 274 g/mol. The lowest BCUT2D eigenvalue weighted by molar-refractivity contribution is -0.389. The molecule has 0 spiro atoms. The fourth-order valence-electron chi connectivity index (χ4n) is 2.26. The number of anilines is 1. The second-order valence-corrected chi connectivity index (χ2v) is 4.95. The molecule has 1 amide bonds. The van der Waals surface area contributed by atoms with E-state index in [1.807, 2.05) is 11.8 Å². The van der Waals surface area contributed by atoms with Crippen molar-refractivity contribution in [3.05, 3.63) is 28.4 Å². The number of amides is 1. The smallest absolute Gasteiger partial charge is 0.363 e. The molecule has 0 radical (unpaired) electrons. The highest BCUT2D eigenvalue weighted by Crippen LogP contribution is 2.18. The molecule has 1 fully saturated rings. The normalized spacial score (nSPS) is 16.7. The summed E-state index contributed by atoms with van der Waals surface area (Å²) in [5.41, 5.74) is 0.842. The van der Waals surface area contributed by atoms with Crippen molar-refractivity contribution < 1.29 is 9.72 Å². The fraction of sp³-hybridized carbons (Fsp3) is 0.538. The number of hydrogen-bond donors (Lipinski definition) is 1. The monoisotopic (exact) mass is 293 g/mol. The fourth-order valence-corrected chi connectivity index (χ4v) is 2.26. The van der Waals surface area contributed by atoms with Crippen LogP contribution in [0.1, 0.15) is 6.92 Å². The molecule has 8 heteroatoms. The first-order valence-corrected chi connectivity index (χ1v) is 6.84. The summed E-state index contributed by atoms with van der Waals surface area (Å²) in [6.45, 7) is 4.52. The molecule has 0 bridgehead atoms. The van der Waals surface area contributed by atoms with Gasteiger partial charge < -0.3 is 25.2 Å². The molecule has 1 aromatic heterocycles. The van der Waals surface area contributed by atoms with Crippen molar-refractivity contribution in [2.24, 2.45) is 0 Å². The number of aromatic nitrogens is 1. The molecule has 114 valence electrons. The van der Waals surface area contributed by atoms with E-state index < -0.39 is 4.92 Å². The highest BCUT2D eigenvalue weighted by Gasteiger charge is 2.24. The number of carbonyl (C=O) groups excluding carboxylic acids is 1. The van der Waals surface area contributed by atoms with Crippen molar-refractivity contribution >= 4 is 17.4 Å². The Morgan fingerprint density at radius 1 is 1.38 bits per heavy atom. The minimum atomic E-state index is -0.514. The van der Waals surface area contributed by atoms with Gasteiger partial charge in [0.05, 0.1) is 11.7 Å². The maximum Gasteiger partial charge on any atom is 0.363 e. The highest BCUT2D eigenvalue weighted by molar-refractivity contribution is 5.81. The van der Waals surface area contributed by atoms with Gasteiger partial charge in [-0.15, -0.1) is 0 Å². The summed E-state index contributed by atoms with van der Waals surface area (Å²) in [5, 5.41) is 13.5. The first-order valence-electron chi connectivity index (χ1n) is 6.84. The molecule has 1 atom stereocenters. The summed E-state index contributed by atoms with van der Waals surface area (Å²) in [7, 11) is 1.77. The molecule has 2 heterocycles. The molecule has 0 saturated carbocycles. The molecule has 1 unspecified atom stereocenters. The zero-order chi connectivity index (χ0) is 15.4. The number of piperazine rings is 1. The topological polar surface area (TPSA) is 91.6 Å². The lowest BCUT2D eigenvalue weighted by Gasteiger charge is -2.36. The standard InChI is InChI=1S/C13H19N5O3/c1-10(14-2)13(19)17-7-5-16(6-8-17)11-3-4-12(15-9-11)18(20)21/h3-4,9-10,14H,5-8H2,1-2H3. The Morgan fingerprint density at radius 3 is 2.52 bits per heavy atom. The van der Waals surface area contributed by atoms with Crippen LogP contribution in [0.2, 0.25) is 0 Å². The van der Waals surface area contributed by atoms with Crippen LogP contribution < -0.4 is 10.2 Å². The van der Waals surface area contributed by atoms with Crippen molar-refractivity contribution in [1.29, 1.82) is 0 Å². The molecule has 1 N–H and O–H groups in total. The van der Waals surface area contributed by atoms with Crippen LogP contribution in [0.15, 0.2) is 18.3 Å². The van der Waals surface area contributed by atoms with Crippen molar-refractivity contribution in [3.63, 3.8) is 0 Å². The number of hydrogen-bond acceptors (Lipinski definition) is 6. The predicted molar refractivity (Wildman–Crippen MR) is 78.2 cm³/mol. The maximum absolute atomic E-state index is 12.0. The van der Waals surface area contributed by atoms with E-state index in [4.69, 9.17) is 0 Å². The number of likely N-dealkylation sites (N-methyl/N-ethyl adjacent to an activating group) is 1. The largest absolute Gasteiger partial charge is 0.365 e. The van der Waals surface area contributed by atoms with Gasteiger partial charge in [-0.25, -0.2) is 0 Å². The Morgan fingerprint density at radius 2 is 2.05 bits per heavy atom. The van der Waals surface area contributed by atoms with Gasteiger partial charge >= 0.3 is 5.82 Å². The van der Waals surface area contributed by atoms with Crippen LogP contribution in [0.5, 0.6) is 0 Å². The van der Waals surface area contributed by atoms with E-state index in [2.05, 4.69) is 15.2 Å². The Kier molecular flexibility index (Phi) is 4.69. The molecule has 2 rings (SSSR count). The van der Waals surface area contributed by atoms with Crippen LogP contribution in [0.4, 0.5) is 11.5 Å². The molecule has 1 aromatic rings. The van der Waals surface area contributed by atoms with E-state index in [1.54, 1.807) is 13.1 Å². The van der Waals surface area contributed by atoms with Crippen LogP contribution in [0.25, 0.3) is 0 Å². The molecule has 0 aromatic carbocycles. The van der Waals surface area contributed by atoms with Gasteiger partial charge in [0.2, 0.25) is 5.91 Å². The minimum absolute atomic E-state index is 0.0963. The van der Waals surface area contributed by atoms with Gasteiger partial charge in [-0.05, 0) is 29.9 Å². The van der Waals surface area contributed by atoms with Crippen molar-refractivity contribution in [2.45, 2.75) is 13.0 Å². The van der Waals surface area contributed by atoms with Crippen LogP contribution in [0, 0.1) is 10.1 Å². The lowest BCUT2D eigenvalue weighted by Crippen LogP contribution is -2.53. The van der Waals surface area contributed by atoms with Gasteiger partial charge in [0.15, 0.2) is 6.20 Å². The summed E-state index contributed by atoms with van der Waals surface area (Å²) in [5.74, 6) is -0.0608. The first-order chi connectivity index (χ1) is 10.0. The number of nitrogens with zero attached hydrogens (tertiary/aromatic N) is 4. The number of pyridine rings is 1. The number of rotatable bonds is 4. The van der Waals surface area contributed by atoms with Gasteiger partial charge in [0.1, 0.15) is 0 Å². The van der Waals surface area contributed by atoms with Crippen molar-refractivity contribution in [2.75, 3.05) is 38.1 Å². The van der Waals surface area contributed by atoms with Gasteiger partial charge in [-0.2, -0.15) is 0 Å². The molecule has 0 aliphatic carbocycles. The quantitative estimate of drug-likeness (QED) is 0.632. The lowest BCUT2D eigenvalue weighted by atomic mass is 10.2. The third kappa shape index (κ3) is 3.46. The summed E-state index contributed by atoms with van der Waals surface area (Å²) < 4.78 is 0. The maximum atomic E-state index is 12.0. The van der Waals surface area contributed by atoms with Crippen LogP contribution in [0.3, 0.4) is 0 Å². The van der Waals surface area contributed by atoms with E-state index in [0.29, 0.717) is 26.2 Å². The van der Waals surface area contributed by atoms with E-state index in [-0.39, 0.29) is 17.8 Å². The molecule has 1 aliphatic heterocycles. The predicted octanol–water partition coefficient (Wildman–Crippen LogP) is 0.246. The van der Waals surface area contributed by atoms with Crippen LogP contribution in [-0.2, 0) is 4.79 Å². The molecule has 21 heavy (non-hydrogen) atoms. The Hall–Kier alpha value is -2.22. The number of nitro groups is 1. The van der Waals surface area contributed by atoms with Gasteiger partial charge in [-0.1, -0.05) is 0 Å². The molecule has 1 aliphatic rings. The Bertz CT molecular complexity index is 511. The Balaban J connectivity index is 1.94. The number of carbonyl (C=O) groups is 1. The summed E-state index contributed by atoms with van der Waals surface area (Å²) in [4.78, 5) is 29.8. The van der Waals surface area contributed by atoms with Crippen molar-refractivity contribution in [3.8, 4) is 0 Å². The summed E-state index contributed by atoms with van der Waals surface area (Å²) in [6.07, 6.45) is 1.51. The summed E-state index contributed by atoms with van der Waals surface area (Å²) >= 11 is 0. The zero-order valence-corrected chi connectivity index (χ0v) is 12.2. The van der Waals surface area contributed by atoms with Gasteiger partial charge in [-0.3, -0.25) is 4.79 Å². The SMILES string of the molecule is CNC(C)C(=O)N1CCN(c2ccc([N+](=O)[O-])nc2)CC1. The molecule has 1 saturated heterocycles. The summed E-state index contributed by atoms with van der Waals surface area (Å²) in [6, 6.07) is 2.91. The van der Waals surface area contributed by atoms with E-state index in [1.165, 1.54) is 12.3 Å². The average Bonchev–Trinajstić information content (AvgIpc) is 2.53. The van der Waals surface area contributed by atoms with Gasteiger partial charge in [0, 0.05) is 32.2 Å². The van der Waals surface area contributed by atoms with E-state index >= 15 is 0 Å². The first kappa shape index (κ1) is 15.2. The van der Waals surface area contributed by atoms with Gasteiger partial charge in [0.25, 0.3) is 0 Å². The van der Waals surface area contributed by atoms with Crippen LogP contribution in [-0.4, -0.2) is 60.0 Å². The molecular formula is C13H19N5O3. The van der Waals surface area contributed by atoms with Crippen molar-refractivity contribution in [1.82, 2.24) is 15.2 Å². The Labute approximate surface area is 122 Å². The van der Waals surface area contributed by atoms with Crippen LogP contribution >= 0.6 is 0 Å². The highest BCUT2D eigenvalue weighted by atomic mass is 16.6. The third-order valence-corrected chi connectivity index (χ3v) is 3.68. The van der Waals surface area contributed by atoms with E-state index in [0.717, 1.165) is 5.69 Å². The third-order valence-electron chi connectivity index (χ3n) is 3.68. The molecule has 8 nitrogen and oxygen atoms in total. The zero-order valence-electron chi connectivity index (χ0n) is 12.2. The second-order valence-electron chi connectivity index (χ2n) is 4.95. The van der Waals surface area contributed by atoms with E-state index in [9.17, 15) is 14.9 Å². The second kappa shape index (κ2) is 6.49. The average molecular weight is 293 g/mol.